The van der Waals surface area contributed by atoms with Gasteiger partial charge < -0.3 is 13.9 Å². The Balaban J connectivity index is 2.19. The van der Waals surface area contributed by atoms with Crippen molar-refractivity contribution in [1.82, 2.24) is 0 Å². The fourth-order valence-electron chi connectivity index (χ4n) is 2.62. The normalized spacial score (nSPS) is 22.7. The zero-order valence-corrected chi connectivity index (χ0v) is 9.96. The van der Waals surface area contributed by atoms with Crippen LogP contribution in [0.15, 0.2) is 57.7 Å². The predicted octanol–water partition coefficient (Wildman–Crippen LogP) is 0.685. The Morgan fingerprint density at radius 2 is 2.16 bits per heavy atom. The van der Waals surface area contributed by atoms with Crippen molar-refractivity contribution < 1.29 is 13.9 Å². The van der Waals surface area contributed by atoms with Gasteiger partial charge in [0.15, 0.2) is 6.10 Å². The van der Waals surface area contributed by atoms with Crippen molar-refractivity contribution >= 4 is 11.3 Å². The van der Waals surface area contributed by atoms with Gasteiger partial charge in [0.2, 0.25) is 0 Å². The molecule has 1 unspecified atom stereocenters. The van der Waals surface area contributed by atoms with Crippen molar-refractivity contribution in [2.45, 2.75) is 12.5 Å². The summed E-state index contributed by atoms with van der Waals surface area (Å²) in [4.78, 5) is 11.5. The van der Waals surface area contributed by atoms with Gasteiger partial charge in [-0.05, 0) is 30.7 Å². The second-order valence-corrected chi connectivity index (χ2v) is 4.51. The summed E-state index contributed by atoms with van der Waals surface area (Å²) < 4.78 is 16.6. The van der Waals surface area contributed by atoms with E-state index in [1.54, 1.807) is 18.6 Å². The second kappa shape index (κ2) is 3.75. The van der Waals surface area contributed by atoms with Crippen LogP contribution in [0.1, 0.15) is 6.42 Å². The molecule has 1 aromatic rings. The van der Waals surface area contributed by atoms with Gasteiger partial charge >= 0.3 is 5.63 Å². The van der Waals surface area contributed by atoms with E-state index in [1.807, 2.05) is 18.2 Å². The number of rotatable bonds is 0. The fourth-order valence-corrected chi connectivity index (χ4v) is 2.62. The van der Waals surface area contributed by atoms with Crippen LogP contribution in [0.4, 0.5) is 0 Å². The van der Waals surface area contributed by atoms with Gasteiger partial charge in [-0.15, -0.1) is 0 Å². The summed E-state index contributed by atoms with van der Waals surface area (Å²) in [7, 11) is 0. The Hall–Kier alpha value is -2.49. The zero-order chi connectivity index (χ0) is 12.8. The van der Waals surface area contributed by atoms with Gasteiger partial charge in [0.25, 0.3) is 0 Å². The summed E-state index contributed by atoms with van der Waals surface area (Å²) in [5.41, 5.74) is 2.13. The molecule has 1 atom stereocenters. The molecule has 0 bridgehead atoms. The lowest BCUT2D eigenvalue weighted by Gasteiger charge is -2.29. The smallest absolute Gasteiger partial charge is 0.336 e. The van der Waals surface area contributed by atoms with E-state index in [0.29, 0.717) is 17.6 Å². The second-order valence-electron chi connectivity index (χ2n) is 4.51. The lowest BCUT2D eigenvalue weighted by Crippen LogP contribution is -2.42. The number of hydrogen-bond donors (Lipinski definition) is 0. The average Bonchev–Trinajstić information content (AvgIpc) is 2.47. The molecule has 0 fully saturated rings. The third kappa shape index (κ3) is 1.43. The van der Waals surface area contributed by atoms with Gasteiger partial charge in [0, 0.05) is 17.2 Å². The van der Waals surface area contributed by atoms with Gasteiger partial charge in [0.05, 0.1) is 17.7 Å². The van der Waals surface area contributed by atoms with Crippen molar-refractivity contribution in [1.29, 1.82) is 0 Å². The maximum atomic E-state index is 11.5. The Morgan fingerprint density at radius 1 is 1.21 bits per heavy atom. The third-order valence-corrected chi connectivity index (χ3v) is 3.42. The van der Waals surface area contributed by atoms with Crippen LogP contribution < -0.4 is 16.3 Å². The molecule has 1 aliphatic carbocycles. The number of ether oxygens (including phenoxy) is 2. The van der Waals surface area contributed by atoms with Crippen LogP contribution in [-0.4, -0.2) is 6.10 Å². The highest BCUT2D eigenvalue weighted by Gasteiger charge is 2.32. The van der Waals surface area contributed by atoms with Gasteiger partial charge in [0.1, 0.15) is 11.2 Å². The monoisotopic (exact) mass is 254 g/mol. The molecule has 3 heterocycles. The van der Waals surface area contributed by atoms with E-state index >= 15 is 0 Å². The summed E-state index contributed by atoms with van der Waals surface area (Å²) in [6.45, 7) is 0. The van der Waals surface area contributed by atoms with Crippen LogP contribution in [0, 0.1) is 0 Å². The topological polar surface area (TPSA) is 48.7 Å². The summed E-state index contributed by atoms with van der Waals surface area (Å²) in [5, 5.41) is 0.806. The van der Waals surface area contributed by atoms with E-state index in [-0.39, 0.29) is 11.7 Å². The molecule has 3 aliphatic rings. The Morgan fingerprint density at radius 3 is 3.11 bits per heavy atom. The predicted molar refractivity (Wildman–Crippen MR) is 68.0 cm³/mol. The molecule has 0 spiro atoms. The minimum absolute atomic E-state index is 0.233. The summed E-state index contributed by atoms with van der Waals surface area (Å²) in [6.07, 6.45) is 9.47. The van der Waals surface area contributed by atoms with E-state index in [4.69, 9.17) is 13.9 Å². The van der Waals surface area contributed by atoms with Crippen molar-refractivity contribution in [3.05, 3.63) is 69.5 Å². The highest BCUT2D eigenvalue weighted by molar-refractivity contribution is 5.74. The first kappa shape index (κ1) is 10.4. The van der Waals surface area contributed by atoms with Crippen molar-refractivity contribution in [2.75, 3.05) is 0 Å². The maximum absolute atomic E-state index is 11.5. The highest BCUT2D eigenvalue weighted by Crippen LogP contribution is 2.32. The summed E-state index contributed by atoms with van der Waals surface area (Å²) in [5.74, 6) is 0.699. The molecular weight excluding hydrogens is 244 g/mol. The summed E-state index contributed by atoms with van der Waals surface area (Å²) >= 11 is 0. The molecule has 94 valence electrons. The lowest BCUT2D eigenvalue weighted by molar-refractivity contribution is 0.207. The summed E-state index contributed by atoms with van der Waals surface area (Å²) in [6, 6.07) is 3.15. The van der Waals surface area contributed by atoms with Crippen molar-refractivity contribution in [2.24, 2.45) is 0 Å². The first-order valence-corrected chi connectivity index (χ1v) is 6.06. The minimum atomic E-state index is -0.362. The molecule has 4 rings (SSSR count). The average molecular weight is 254 g/mol. The molecule has 0 amide bonds. The first-order chi connectivity index (χ1) is 9.34. The molecule has 0 saturated carbocycles. The van der Waals surface area contributed by atoms with Crippen LogP contribution in [0.5, 0.6) is 0 Å². The van der Waals surface area contributed by atoms with Gasteiger partial charge in [-0.3, -0.25) is 0 Å². The van der Waals surface area contributed by atoms with Crippen molar-refractivity contribution in [3.8, 4) is 0 Å². The number of allylic oxidation sites excluding steroid dienone is 3. The van der Waals surface area contributed by atoms with Crippen LogP contribution in [-0.2, 0) is 9.47 Å². The Kier molecular flexibility index (Phi) is 2.06. The van der Waals surface area contributed by atoms with E-state index in [1.165, 1.54) is 6.07 Å². The van der Waals surface area contributed by atoms with Gasteiger partial charge in [-0.25, -0.2) is 4.79 Å². The SMILES string of the molecule is O=c1ccc2c(o1)=C1CC=COC1C1=CC=COC=21. The van der Waals surface area contributed by atoms with E-state index in [0.717, 1.165) is 16.4 Å². The van der Waals surface area contributed by atoms with Crippen LogP contribution in [0.25, 0.3) is 11.3 Å². The molecular formula is C15H10O4. The first-order valence-electron chi connectivity index (χ1n) is 6.06. The third-order valence-electron chi connectivity index (χ3n) is 3.42. The Bertz CT molecular complexity index is 820. The minimum Gasteiger partial charge on any atom is -0.489 e. The standard InChI is InChI=1S/C15H10O4/c16-12-6-5-11-14-9(3-1-7-18-14)13-10(15(11)19-12)4-2-8-17-13/h1-3,5-8,13H,4H2. The maximum Gasteiger partial charge on any atom is 0.336 e. The van der Waals surface area contributed by atoms with Crippen molar-refractivity contribution in [3.63, 3.8) is 0 Å². The molecule has 1 aromatic heterocycles. The van der Waals surface area contributed by atoms with Crippen LogP contribution in [0.2, 0.25) is 0 Å². The Labute approximate surface area is 108 Å². The molecule has 4 nitrogen and oxygen atoms in total. The zero-order valence-electron chi connectivity index (χ0n) is 9.96. The molecule has 0 radical (unpaired) electrons. The highest BCUT2D eigenvalue weighted by atomic mass is 16.5. The van der Waals surface area contributed by atoms with Gasteiger partial charge in [-0.2, -0.15) is 0 Å². The lowest BCUT2D eigenvalue weighted by atomic mass is 9.90. The van der Waals surface area contributed by atoms with Crippen LogP contribution in [0.3, 0.4) is 0 Å². The number of hydrogen-bond acceptors (Lipinski definition) is 4. The molecule has 0 saturated heterocycles. The van der Waals surface area contributed by atoms with E-state index in [2.05, 4.69) is 0 Å². The van der Waals surface area contributed by atoms with E-state index < -0.39 is 0 Å². The fraction of sp³-hybridized carbons (Fsp3) is 0.133. The molecule has 19 heavy (non-hydrogen) atoms. The quantitative estimate of drug-likeness (QED) is 0.683. The number of fused-ring (bicyclic) bond motifs is 4. The largest absolute Gasteiger partial charge is 0.489 e. The van der Waals surface area contributed by atoms with Crippen LogP contribution >= 0.6 is 0 Å². The van der Waals surface area contributed by atoms with Gasteiger partial charge in [-0.1, -0.05) is 0 Å². The molecule has 4 heteroatoms. The van der Waals surface area contributed by atoms with E-state index in [9.17, 15) is 4.79 Å². The molecule has 2 aliphatic heterocycles. The molecule has 0 N–H and O–H groups in total. The molecule has 0 aromatic carbocycles.